The summed E-state index contributed by atoms with van der Waals surface area (Å²) in [5, 5.41) is 11.8. The second-order valence-electron chi connectivity index (χ2n) is 3.92. The molecule has 0 saturated carbocycles. The molecule has 6 nitrogen and oxygen atoms in total. The van der Waals surface area contributed by atoms with Gasteiger partial charge in [0.25, 0.3) is 0 Å². The third-order valence-electron chi connectivity index (χ3n) is 2.34. The molecule has 2 amide bonds. The average molecular weight is 295 g/mol. The lowest BCUT2D eigenvalue weighted by molar-refractivity contribution is -0.132. The molecule has 0 unspecified atom stereocenters. The second-order valence-corrected chi connectivity index (χ2v) is 5.27. The van der Waals surface area contributed by atoms with Gasteiger partial charge < -0.3 is 16.6 Å². The molecule has 0 aliphatic rings. The van der Waals surface area contributed by atoms with Crippen LogP contribution in [-0.2, 0) is 9.59 Å². The fourth-order valence-electron chi connectivity index (χ4n) is 1.15. The Kier molecular flexibility index (Phi) is 9.47. The van der Waals surface area contributed by atoms with Crippen LogP contribution in [0.15, 0.2) is 0 Å². The van der Waals surface area contributed by atoms with E-state index in [4.69, 9.17) is 11.5 Å². The van der Waals surface area contributed by atoms with E-state index in [9.17, 15) is 14.7 Å². The standard InChI is InChI=1S/C10H21N3O3S2/c1-18-3-2-6(11)8(14)4-9(15)13-10(16)7(12)5-17/h6-8,14,17H,2-5,11-12H2,1H3,(H,13,15,16)/t6-,7-,8-/m0/s1. The Morgan fingerprint density at radius 1 is 1.44 bits per heavy atom. The van der Waals surface area contributed by atoms with Crippen molar-refractivity contribution in [3.05, 3.63) is 0 Å². The first-order valence-electron chi connectivity index (χ1n) is 5.55. The van der Waals surface area contributed by atoms with Crippen LogP contribution in [0.5, 0.6) is 0 Å². The van der Waals surface area contributed by atoms with E-state index in [1.807, 2.05) is 6.26 Å². The van der Waals surface area contributed by atoms with Crippen molar-refractivity contribution in [2.75, 3.05) is 17.8 Å². The van der Waals surface area contributed by atoms with Gasteiger partial charge in [-0.3, -0.25) is 14.9 Å². The number of hydrogen-bond acceptors (Lipinski definition) is 7. The number of carbonyl (C=O) groups is 2. The van der Waals surface area contributed by atoms with E-state index in [1.165, 1.54) is 0 Å². The van der Waals surface area contributed by atoms with Gasteiger partial charge in [-0.05, 0) is 18.4 Å². The van der Waals surface area contributed by atoms with Crippen molar-refractivity contribution in [3.63, 3.8) is 0 Å². The van der Waals surface area contributed by atoms with Crippen LogP contribution >= 0.6 is 24.4 Å². The van der Waals surface area contributed by atoms with E-state index >= 15 is 0 Å². The van der Waals surface area contributed by atoms with Gasteiger partial charge in [0.1, 0.15) is 0 Å². The minimum absolute atomic E-state index is 0.148. The van der Waals surface area contributed by atoms with Crippen LogP contribution in [0.2, 0.25) is 0 Å². The fourth-order valence-corrected chi connectivity index (χ4v) is 1.83. The average Bonchev–Trinajstić information content (AvgIpc) is 2.34. The minimum atomic E-state index is -0.961. The minimum Gasteiger partial charge on any atom is -0.391 e. The first-order chi connectivity index (χ1) is 8.42. The molecule has 0 spiro atoms. The maximum atomic E-state index is 11.4. The number of thiol groups is 1. The van der Waals surface area contributed by atoms with Crippen LogP contribution < -0.4 is 16.8 Å². The highest BCUT2D eigenvalue weighted by Gasteiger charge is 2.21. The number of amides is 2. The number of carbonyl (C=O) groups excluding carboxylic acids is 2. The summed E-state index contributed by atoms with van der Waals surface area (Å²) in [5.74, 6) is -0.220. The number of aliphatic hydroxyl groups is 1. The number of hydrogen-bond donors (Lipinski definition) is 5. The molecule has 3 atom stereocenters. The van der Waals surface area contributed by atoms with Crippen LogP contribution in [0, 0.1) is 0 Å². The van der Waals surface area contributed by atoms with E-state index in [0.29, 0.717) is 6.42 Å². The first kappa shape index (κ1) is 17.7. The van der Waals surface area contributed by atoms with Crippen LogP contribution in [0.4, 0.5) is 0 Å². The predicted octanol–water partition coefficient (Wildman–Crippen LogP) is -1.28. The maximum Gasteiger partial charge on any atom is 0.244 e. The van der Waals surface area contributed by atoms with Gasteiger partial charge >= 0.3 is 0 Å². The van der Waals surface area contributed by atoms with Crippen molar-refractivity contribution in [1.29, 1.82) is 0 Å². The molecule has 0 aromatic heterocycles. The van der Waals surface area contributed by atoms with Gasteiger partial charge in [-0.1, -0.05) is 0 Å². The maximum absolute atomic E-state index is 11.4. The van der Waals surface area contributed by atoms with Gasteiger partial charge in [0.2, 0.25) is 11.8 Å². The van der Waals surface area contributed by atoms with Crippen LogP contribution in [0.1, 0.15) is 12.8 Å². The second kappa shape index (κ2) is 9.62. The number of nitrogens with two attached hydrogens (primary N) is 2. The molecule has 0 aliphatic heterocycles. The topological polar surface area (TPSA) is 118 Å². The Bertz CT molecular complexity index is 279. The Hall–Kier alpha value is -0.280. The molecule has 18 heavy (non-hydrogen) atoms. The summed E-state index contributed by atoms with van der Waals surface area (Å²) in [5.41, 5.74) is 11.1. The molecule has 0 rings (SSSR count). The molecule has 0 fully saturated rings. The number of thioether (sulfide) groups is 1. The van der Waals surface area contributed by atoms with Gasteiger partial charge in [-0.15, -0.1) is 0 Å². The van der Waals surface area contributed by atoms with Crippen molar-refractivity contribution < 1.29 is 14.7 Å². The Labute approximate surface area is 117 Å². The fraction of sp³-hybridized carbons (Fsp3) is 0.800. The zero-order valence-corrected chi connectivity index (χ0v) is 12.0. The lowest BCUT2D eigenvalue weighted by Crippen LogP contribution is -2.46. The summed E-state index contributed by atoms with van der Waals surface area (Å²) in [4.78, 5) is 22.7. The molecular formula is C10H21N3O3S2. The van der Waals surface area contributed by atoms with Crippen LogP contribution in [0.3, 0.4) is 0 Å². The smallest absolute Gasteiger partial charge is 0.244 e. The third-order valence-corrected chi connectivity index (χ3v) is 3.38. The molecule has 0 saturated heterocycles. The number of imide groups is 1. The molecule has 0 bridgehead atoms. The zero-order valence-electron chi connectivity index (χ0n) is 10.3. The summed E-state index contributed by atoms with van der Waals surface area (Å²) in [7, 11) is 0. The normalized spacial score (nSPS) is 15.8. The lowest BCUT2D eigenvalue weighted by atomic mass is 10.1. The van der Waals surface area contributed by atoms with Gasteiger partial charge in [0.15, 0.2) is 0 Å². The van der Waals surface area contributed by atoms with E-state index in [1.54, 1.807) is 11.8 Å². The Morgan fingerprint density at radius 2 is 2.06 bits per heavy atom. The van der Waals surface area contributed by atoms with Crippen molar-refractivity contribution in [2.45, 2.75) is 31.0 Å². The van der Waals surface area contributed by atoms with E-state index in [0.717, 1.165) is 5.75 Å². The van der Waals surface area contributed by atoms with E-state index in [-0.39, 0.29) is 12.2 Å². The summed E-state index contributed by atoms with van der Waals surface area (Å²) >= 11 is 5.46. The molecule has 6 N–H and O–H groups in total. The van der Waals surface area contributed by atoms with Crippen molar-refractivity contribution in [2.24, 2.45) is 11.5 Å². The summed E-state index contributed by atoms with van der Waals surface area (Å²) in [6.07, 6.45) is 1.38. The molecule has 8 heteroatoms. The van der Waals surface area contributed by atoms with Crippen molar-refractivity contribution in [1.82, 2.24) is 5.32 Å². The van der Waals surface area contributed by atoms with Crippen LogP contribution in [0.25, 0.3) is 0 Å². The van der Waals surface area contributed by atoms with Gasteiger partial charge in [-0.2, -0.15) is 24.4 Å². The predicted molar refractivity (Wildman–Crippen MR) is 76.6 cm³/mol. The Morgan fingerprint density at radius 3 is 2.56 bits per heavy atom. The van der Waals surface area contributed by atoms with E-state index < -0.39 is 30.0 Å². The van der Waals surface area contributed by atoms with Crippen molar-refractivity contribution in [3.8, 4) is 0 Å². The quantitative estimate of drug-likeness (QED) is 0.356. The SMILES string of the molecule is CSCC[C@H](N)[C@@H](O)CC(=O)NC(=O)[C@@H](N)CS. The summed E-state index contributed by atoms with van der Waals surface area (Å²) in [6.45, 7) is 0. The first-order valence-corrected chi connectivity index (χ1v) is 7.57. The lowest BCUT2D eigenvalue weighted by Gasteiger charge is -2.18. The van der Waals surface area contributed by atoms with Gasteiger partial charge in [-0.25, -0.2) is 0 Å². The molecule has 0 radical (unpaired) electrons. The van der Waals surface area contributed by atoms with E-state index in [2.05, 4.69) is 17.9 Å². The zero-order chi connectivity index (χ0) is 14.1. The monoisotopic (exact) mass is 295 g/mol. The van der Waals surface area contributed by atoms with Crippen LogP contribution in [-0.4, -0.2) is 52.9 Å². The highest BCUT2D eigenvalue weighted by molar-refractivity contribution is 7.98. The number of nitrogens with one attached hydrogen (secondary N) is 1. The molecule has 0 aliphatic carbocycles. The van der Waals surface area contributed by atoms with Gasteiger partial charge in [0.05, 0.1) is 18.6 Å². The molecule has 106 valence electrons. The third kappa shape index (κ3) is 7.22. The number of rotatable bonds is 8. The molecule has 0 aromatic carbocycles. The van der Waals surface area contributed by atoms with Gasteiger partial charge in [0, 0.05) is 11.8 Å². The molecule has 0 aromatic rings. The highest BCUT2D eigenvalue weighted by Crippen LogP contribution is 2.05. The molecule has 0 heterocycles. The van der Waals surface area contributed by atoms with Crippen molar-refractivity contribution >= 4 is 36.2 Å². The molecular weight excluding hydrogens is 274 g/mol. The Balaban J connectivity index is 4.03. The highest BCUT2D eigenvalue weighted by atomic mass is 32.2. The summed E-state index contributed by atoms with van der Waals surface area (Å²) in [6, 6.07) is -1.31. The number of aliphatic hydroxyl groups excluding tert-OH is 1. The largest absolute Gasteiger partial charge is 0.391 e. The summed E-state index contributed by atoms with van der Waals surface area (Å²) < 4.78 is 0.